The van der Waals surface area contributed by atoms with Crippen molar-refractivity contribution in [3.63, 3.8) is 0 Å². The highest BCUT2D eigenvalue weighted by Gasteiger charge is 2.16. The molecule has 1 aliphatic heterocycles. The van der Waals surface area contributed by atoms with Crippen molar-refractivity contribution in [2.24, 2.45) is 0 Å². The van der Waals surface area contributed by atoms with E-state index in [2.05, 4.69) is 17.5 Å². The van der Waals surface area contributed by atoms with Crippen LogP contribution in [0, 0.1) is 0 Å². The van der Waals surface area contributed by atoms with Crippen LogP contribution in [0.1, 0.15) is 12.8 Å². The van der Waals surface area contributed by atoms with E-state index in [0.29, 0.717) is 12.8 Å². The van der Waals surface area contributed by atoms with Gasteiger partial charge in [-0.25, -0.2) is 4.39 Å². The van der Waals surface area contributed by atoms with Crippen molar-refractivity contribution in [1.29, 1.82) is 0 Å². The Morgan fingerprint density at radius 3 is 2.44 bits per heavy atom. The Hall–Kier alpha value is 0.240. The summed E-state index contributed by atoms with van der Waals surface area (Å²) >= 11 is 4.10. The third-order valence-corrected chi connectivity index (χ3v) is 2.12. The highest BCUT2D eigenvalue weighted by Crippen LogP contribution is 2.12. The Labute approximate surface area is 60.6 Å². The number of hydrogen-bond acceptors (Lipinski definition) is 2. The zero-order valence-electron chi connectivity index (χ0n) is 5.39. The molecular formula is C6H12FNS. The van der Waals surface area contributed by atoms with Gasteiger partial charge < -0.3 is 0 Å². The Kier molecular flexibility index (Phi) is 2.79. The van der Waals surface area contributed by atoms with E-state index in [4.69, 9.17) is 0 Å². The van der Waals surface area contributed by atoms with Crippen molar-refractivity contribution in [2.75, 3.05) is 19.0 Å². The van der Waals surface area contributed by atoms with Gasteiger partial charge in [0, 0.05) is 19.0 Å². The fraction of sp³-hybridized carbons (Fsp3) is 1.00. The van der Waals surface area contributed by atoms with Crippen LogP contribution in [0.5, 0.6) is 0 Å². The van der Waals surface area contributed by atoms with E-state index in [1.165, 1.54) is 0 Å². The number of hydrogen-bond donors (Lipinski definition) is 1. The summed E-state index contributed by atoms with van der Waals surface area (Å²) in [4.78, 5) is 2.15. The minimum atomic E-state index is -0.555. The number of nitrogens with zero attached hydrogens (tertiary/aromatic N) is 1. The fourth-order valence-electron chi connectivity index (χ4n) is 1.04. The lowest BCUT2D eigenvalue weighted by Crippen LogP contribution is -2.33. The van der Waals surface area contributed by atoms with Crippen LogP contribution in [-0.4, -0.2) is 30.0 Å². The summed E-state index contributed by atoms with van der Waals surface area (Å²) in [6, 6.07) is 0. The molecule has 0 N–H and O–H groups in total. The van der Waals surface area contributed by atoms with Crippen molar-refractivity contribution in [1.82, 2.24) is 4.90 Å². The molecule has 0 unspecified atom stereocenters. The lowest BCUT2D eigenvalue weighted by atomic mass is 10.1. The average Bonchev–Trinajstić information content (AvgIpc) is 1.90. The quantitative estimate of drug-likeness (QED) is 0.550. The second-order valence-electron chi connectivity index (χ2n) is 2.43. The highest BCUT2D eigenvalue weighted by atomic mass is 32.1. The van der Waals surface area contributed by atoms with Crippen molar-refractivity contribution in [2.45, 2.75) is 19.0 Å². The zero-order chi connectivity index (χ0) is 6.69. The molecule has 0 aliphatic carbocycles. The Morgan fingerprint density at radius 2 is 2.00 bits per heavy atom. The van der Waals surface area contributed by atoms with Gasteiger partial charge >= 0.3 is 0 Å². The maximum Gasteiger partial charge on any atom is 0.103 e. The molecule has 3 heteroatoms. The van der Waals surface area contributed by atoms with Gasteiger partial charge in [-0.3, -0.25) is 4.90 Å². The monoisotopic (exact) mass is 149 g/mol. The van der Waals surface area contributed by atoms with Gasteiger partial charge in [-0.05, 0) is 12.8 Å². The normalized spacial score (nSPS) is 24.7. The number of alkyl halides is 1. The molecule has 1 nitrogen and oxygen atoms in total. The third kappa shape index (κ3) is 2.14. The number of rotatable bonds is 1. The molecule has 0 atom stereocenters. The molecule has 0 radical (unpaired) electrons. The van der Waals surface area contributed by atoms with Crippen LogP contribution in [0.4, 0.5) is 4.39 Å². The van der Waals surface area contributed by atoms with Gasteiger partial charge in [0.2, 0.25) is 0 Å². The number of piperidine rings is 1. The van der Waals surface area contributed by atoms with E-state index in [1.54, 1.807) is 0 Å². The molecular weight excluding hydrogens is 137 g/mol. The molecule has 1 saturated heterocycles. The summed E-state index contributed by atoms with van der Waals surface area (Å²) in [7, 11) is 0. The molecule has 0 aromatic rings. The minimum absolute atomic E-state index is 0.555. The molecule has 0 bridgehead atoms. The smallest absolute Gasteiger partial charge is 0.103 e. The molecule has 0 amide bonds. The second-order valence-corrected chi connectivity index (χ2v) is 2.72. The molecule has 1 fully saturated rings. The molecule has 1 heterocycles. The van der Waals surface area contributed by atoms with Gasteiger partial charge in [-0.1, -0.05) is 0 Å². The summed E-state index contributed by atoms with van der Waals surface area (Å²) < 4.78 is 12.4. The van der Waals surface area contributed by atoms with Crippen LogP contribution in [0.3, 0.4) is 0 Å². The third-order valence-electron chi connectivity index (χ3n) is 1.72. The molecule has 1 aliphatic rings. The fourth-order valence-corrected chi connectivity index (χ4v) is 1.33. The molecule has 0 saturated carbocycles. The van der Waals surface area contributed by atoms with Gasteiger partial charge in [-0.2, -0.15) is 12.6 Å². The van der Waals surface area contributed by atoms with Crippen molar-refractivity contribution < 1.29 is 4.39 Å². The Balaban J connectivity index is 2.18. The average molecular weight is 149 g/mol. The van der Waals surface area contributed by atoms with Crippen LogP contribution in [0.25, 0.3) is 0 Å². The molecule has 54 valence electrons. The maximum absolute atomic E-state index is 12.4. The predicted octanol–water partition coefficient (Wildman–Crippen LogP) is 1.31. The lowest BCUT2D eigenvalue weighted by molar-refractivity contribution is 0.170. The first-order chi connectivity index (χ1) is 4.33. The summed E-state index contributed by atoms with van der Waals surface area (Å²) in [5, 5.41) is 0. The number of halogens is 1. The van der Waals surface area contributed by atoms with Gasteiger partial charge in [0.15, 0.2) is 0 Å². The van der Waals surface area contributed by atoms with Gasteiger partial charge in [-0.15, -0.1) is 0 Å². The Morgan fingerprint density at radius 1 is 1.44 bits per heavy atom. The van der Waals surface area contributed by atoms with Crippen molar-refractivity contribution >= 4 is 12.6 Å². The largest absolute Gasteiger partial charge is 0.294 e. The molecule has 0 aromatic heterocycles. The zero-order valence-corrected chi connectivity index (χ0v) is 6.28. The molecule has 0 spiro atoms. The summed E-state index contributed by atoms with van der Waals surface area (Å²) in [5.41, 5.74) is 0. The highest BCUT2D eigenvalue weighted by molar-refractivity contribution is 7.80. The van der Waals surface area contributed by atoms with Crippen molar-refractivity contribution in [3.8, 4) is 0 Å². The van der Waals surface area contributed by atoms with E-state index in [-0.39, 0.29) is 0 Å². The second kappa shape index (κ2) is 3.42. The van der Waals surface area contributed by atoms with E-state index >= 15 is 0 Å². The summed E-state index contributed by atoms with van der Waals surface area (Å²) in [6.45, 7) is 1.76. The number of thiol groups is 1. The first-order valence-electron chi connectivity index (χ1n) is 3.30. The van der Waals surface area contributed by atoms with Crippen LogP contribution in [0.2, 0.25) is 0 Å². The van der Waals surface area contributed by atoms with E-state index < -0.39 is 6.17 Å². The van der Waals surface area contributed by atoms with Crippen LogP contribution >= 0.6 is 12.6 Å². The van der Waals surface area contributed by atoms with E-state index in [0.717, 1.165) is 19.0 Å². The molecule has 1 rings (SSSR count). The molecule has 9 heavy (non-hydrogen) atoms. The summed E-state index contributed by atoms with van der Waals surface area (Å²) in [6.07, 6.45) is 0.835. The van der Waals surface area contributed by atoms with Gasteiger partial charge in [0.25, 0.3) is 0 Å². The molecule has 0 aromatic carbocycles. The maximum atomic E-state index is 12.4. The summed E-state index contributed by atoms with van der Waals surface area (Å²) in [5.74, 6) is 0.771. The van der Waals surface area contributed by atoms with E-state index in [9.17, 15) is 4.39 Å². The first-order valence-corrected chi connectivity index (χ1v) is 3.93. The van der Waals surface area contributed by atoms with Crippen LogP contribution < -0.4 is 0 Å². The number of likely N-dealkylation sites (tertiary alicyclic amines) is 1. The topological polar surface area (TPSA) is 3.24 Å². The first kappa shape index (κ1) is 7.35. The lowest BCUT2D eigenvalue weighted by Gasteiger charge is -2.26. The Bertz CT molecular complexity index is 81.1. The van der Waals surface area contributed by atoms with Gasteiger partial charge in [0.05, 0.1) is 0 Å². The predicted molar refractivity (Wildman–Crippen MR) is 39.6 cm³/mol. The SMILES string of the molecule is FC1CCN(CS)CC1. The van der Waals surface area contributed by atoms with Gasteiger partial charge in [0.1, 0.15) is 6.17 Å². The van der Waals surface area contributed by atoms with Crippen molar-refractivity contribution in [3.05, 3.63) is 0 Å². The standard InChI is InChI=1S/C6H12FNS/c7-6-1-3-8(5-9)4-2-6/h6,9H,1-5H2. The van der Waals surface area contributed by atoms with Crippen LogP contribution in [0.15, 0.2) is 0 Å². The van der Waals surface area contributed by atoms with E-state index in [1.807, 2.05) is 0 Å². The minimum Gasteiger partial charge on any atom is -0.294 e. The van der Waals surface area contributed by atoms with Crippen LogP contribution in [-0.2, 0) is 0 Å².